The summed E-state index contributed by atoms with van der Waals surface area (Å²) in [6, 6.07) is 24.3. The number of aromatic nitrogens is 2. The molecular weight excluding hydrogens is 482 g/mol. The summed E-state index contributed by atoms with van der Waals surface area (Å²) in [7, 11) is -4.04. The number of rotatable bonds is 6. The minimum Gasteiger partial charge on any atom is -0.379 e. The minimum absolute atomic E-state index is 0.152. The summed E-state index contributed by atoms with van der Waals surface area (Å²) in [5, 5.41) is 5.23. The van der Waals surface area contributed by atoms with E-state index in [4.69, 9.17) is 9.17 Å². The average molecular weight is 512 g/mol. The van der Waals surface area contributed by atoms with Crippen molar-refractivity contribution in [2.75, 3.05) is 5.32 Å². The van der Waals surface area contributed by atoms with Gasteiger partial charge in [-0.15, -0.1) is 0 Å². The highest BCUT2D eigenvalue weighted by Gasteiger charge is 2.22. The Morgan fingerprint density at radius 2 is 1.70 bits per heavy atom. The van der Waals surface area contributed by atoms with E-state index in [-0.39, 0.29) is 10.6 Å². The van der Waals surface area contributed by atoms with Gasteiger partial charge in [0.1, 0.15) is 27.8 Å². The lowest BCUT2D eigenvalue weighted by atomic mass is 9.95. The van der Waals surface area contributed by atoms with E-state index in [1.54, 1.807) is 30.3 Å². The van der Waals surface area contributed by atoms with Crippen molar-refractivity contribution in [2.24, 2.45) is 0 Å². The van der Waals surface area contributed by atoms with Crippen LogP contribution in [0, 0.1) is 6.92 Å². The average Bonchev–Trinajstić information content (AvgIpc) is 3.26. The van der Waals surface area contributed by atoms with Gasteiger partial charge in [0.25, 0.3) is 0 Å². The number of nitrogens with zero attached hydrogens (tertiary/aromatic N) is 2. The van der Waals surface area contributed by atoms with Gasteiger partial charge in [0, 0.05) is 23.2 Å². The van der Waals surface area contributed by atoms with Gasteiger partial charge in [0.2, 0.25) is 0 Å². The summed E-state index contributed by atoms with van der Waals surface area (Å²) in [4.78, 5) is 5.09. The van der Waals surface area contributed by atoms with Crippen LogP contribution in [0.4, 0.5) is 5.82 Å². The third-order valence-corrected chi connectivity index (χ3v) is 8.37. The van der Waals surface area contributed by atoms with E-state index < -0.39 is 10.1 Å². The molecule has 37 heavy (non-hydrogen) atoms. The van der Waals surface area contributed by atoms with E-state index in [1.165, 1.54) is 19.3 Å². The Labute approximate surface area is 217 Å². The molecule has 1 fully saturated rings. The predicted octanol–water partition coefficient (Wildman–Crippen LogP) is 6.98. The van der Waals surface area contributed by atoms with Crippen molar-refractivity contribution in [1.29, 1.82) is 0 Å². The molecule has 1 saturated carbocycles. The second-order valence-corrected chi connectivity index (χ2v) is 11.3. The molecule has 2 aromatic heterocycles. The molecule has 0 atom stereocenters. The first kappa shape index (κ1) is 23.6. The van der Waals surface area contributed by atoms with Gasteiger partial charge in [-0.2, -0.15) is 8.42 Å². The molecule has 3 aromatic carbocycles. The standard InChI is InChI=1S/C30H29N3O3S/c1-21-17-18-33-28(19-21)32-29(30(33)31-24-12-3-2-4-13-24)23-11-7-14-25(20-23)36-37(34,35)27-16-8-10-22-9-5-6-15-26(22)27/h5-11,14-20,24,31H,2-4,12-13H2,1H3. The Morgan fingerprint density at radius 1 is 0.919 bits per heavy atom. The summed E-state index contributed by atoms with van der Waals surface area (Å²) in [6.45, 7) is 2.05. The molecule has 188 valence electrons. The van der Waals surface area contributed by atoms with Crippen molar-refractivity contribution < 1.29 is 12.6 Å². The van der Waals surface area contributed by atoms with Gasteiger partial charge in [0.15, 0.2) is 0 Å². The van der Waals surface area contributed by atoms with Gasteiger partial charge < -0.3 is 9.50 Å². The maximum atomic E-state index is 13.3. The molecule has 0 bridgehead atoms. The van der Waals surface area contributed by atoms with Crippen LogP contribution >= 0.6 is 0 Å². The van der Waals surface area contributed by atoms with Crippen molar-refractivity contribution in [3.05, 3.63) is 90.6 Å². The van der Waals surface area contributed by atoms with E-state index >= 15 is 0 Å². The third kappa shape index (κ3) is 4.67. The molecule has 5 aromatic rings. The SMILES string of the molecule is Cc1ccn2c(NC3CCCCC3)c(-c3cccc(OS(=O)(=O)c4cccc5ccccc45)c3)nc2c1. The molecule has 1 aliphatic rings. The molecule has 0 radical (unpaired) electrons. The first-order valence-corrected chi connectivity index (χ1v) is 14.2. The largest absolute Gasteiger partial charge is 0.379 e. The van der Waals surface area contributed by atoms with Gasteiger partial charge in [-0.05, 0) is 61.0 Å². The van der Waals surface area contributed by atoms with Crippen molar-refractivity contribution in [3.63, 3.8) is 0 Å². The number of aryl methyl sites for hydroxylation is 1. The van der Waals surface area contributed by atoms with Crippen LogP contribution in [0.2, 0.25) is 0 Å². The van der Waals surface area contributed by atoms with E-state index in [1.807, 2.05) is 42.6 Å². The summed E-state index contributed by atoms with van der Waals surface area (Å²) in [5.41, 5.74) is 3.56. The smallest absolute Gasteiger partial charge is 0.339 e. The lowest BCUT2D eigenvalue weighted by Gasteiger charge is -2.24. The summed E-state index contributed by atoms with van der Waals surface area (Å²) in [5.74, 6) is 1.18. The Bertz CT molecular complexity index is 1700. The molecule has 2 heterocycles. The van der Waals surface area contributed by atoms with Crippen LogP contribution < -0.4 is 9.50 Å². The van der Waals surface area contributed by atoms with Crippen LogP contribution in [0.25, 0.3) is 27.7 Å². The fraction of sp³-hybridized carbons (Fsp3) is 0.233. The van der Waals surface area contributed by atoms with Crippen molar-refractivity contribution in [3.8, 4) is 17.0 Å². The highest BCUT2D eigenvalue weighted by Crippen LogP contribution is 2.34. The summed E-state index contributed by atoms with van der Waals surface area (Å²) in [6.07, 6.45) is 8.02. The lowest BCUT2D eigenvalue weighted by molar-refractivity contribution is 0.462. The molecule has 6 rings (SSSR count). The van der Waals surface area contributed by atoms with E-state index in [9.17, 15) is 8.42 Å². The maximum absolute atomic E-state index is 13.3. The number of hydrogen-bond acceptors (Lipinski definition) is 5. The van der Waals surface area contributed by atoms with E-state index in [0.717, 1.165) is 46.5 Å². The zero-order valence-electron chi connectivity index (χ0n) is 20.7. The molecule has 0 amide bonds. The second-order valence-electron chi connectivity index (χ2n) is 9.76. The third-order valence-electron chi connectivity index (χ3n) is 7.06. The Kier molecular flexibility index (Phi) is 6.08. The quantitative estimate of drug-likeness (QED) is 0.249. The Morgan fingerprint density at radius 3 is 2.57 bits per heavy atom. The van der Waals surface area contributed by atoms with Gasteiger partial charge in [0.05, 0.1) is 0 Å². The fourth-order valence-electron chi connectivity index (χ4n) is 5.21. The highest BCUT2D eigenvalue weighted by atomic mass is 32.2. The van der Waals surface area contributed by atoms with Crippen molar-refractivity contribution >= 4 is 32.4 Å². The van der Waals surface area contributed by atoms with Crippen LogP contribution in [-0.4, -0.2) is 23.8 Å². The summed E-state index contributed by atoms with van der Waals surface area (Å²) >= 11 is 0. The number of pyridine rings is 1. The molecule has 7 heteroatoms. The molecule has 0 aliphatic heterocycles. The van der Waals surface area contributed by atoms with Crippen LogP contribution in [0.1, 0.15) is 37.7 Å². The topological polar surface area (TPSA) is 72.7 Å². The van der Waals surface area contributed by atoms with Crippen LogP contribution in [0.3, 0.4) is 0 Å². The van der Waals surface area contributed by atoms with E-state index in [0.29, 0.717) is 11.4 Å². The lowest BCUT2D eigenvalue weighted by Crippen LogP contribution is -2.23. The fourth-order valence-corrected chi connectivity index (χ4v) is 6.35. The number of nitrogens with one attached hydrogen (secondary N) is 1. The van der Waals surface area contributed by atoms with Gasteiger partial charge >= 0.3 is 10.1 Å². The molecule has 0 spiro atoms. The number of imidazole rings is 1. The minimum atomic E-state index is -4.04. The van der Waals surface area contributed by atoms with Gasteiger partial charge in [-0.3, -0.25) is 4.40 Å². The zero-order valence-corrected chi connectivity index (χ0v) is 21.5. The molecule has 6 nitrogen and oxygen atoms in total. The monoisotopic (exact) mass is 511 g/mol. The molecule has 0 saturated heterocycles. The highest BCUT2D eigenvalue weighted by molar-refractivity contribution is 7.87. The van der Waals surface area contributed by atoms with Crippen molar-refractivity contribution in [2.45, 2.75) is 50.0 Å². The second kappa shape index (κ2) is 9.56. The van der Waals surface area contributed by atoms with Crippen LogP contribution in [-0.2, 0) is 10.1 Å². The first-order chi connectivity index (χ1) is 18.0. The number of anilines is 1. The predicted molar refractivity (Wildman–Crippen MR) is 148 cm³/mol. The molecule has 0 unspecified atom stereocenters. The van der Waals surface area contributed by atoms with Gasteiger partial charge in [-0.1, -0.05) is 67.8 Å². The Hall–Kier alpha value is -3.84. The van der Waals surface area contributed by atoms with Gasteiger partial charge in [-0.25, -0.2) is 4.98 Å². The first-order valence-electron chi connectivity index (χ1n) is 12.8. The number of benzene rings is 3. The van der Waals surface area contributed by atoms with E-state index in [2.05, 4.69) is 28.8 Å². The maximum Gasteiger partial charge on any atom is 0.339 e. The Balaban J connectivity index is 1.38. The van der Waals surface area contributed by atoms with Crippen molar-refractivity contribution in [1.82, 2.24) is 9.38 Å². The normalized spacial score (nSPS) is 14.7. The molecule has 1 aliphatic carbocycles. The van der Waals surface area contributed by atoms with Crippen LogP contribution in [0.5, 0.6) is 5.75 Å². The molecule has 1 N–H and O–H groups in total. The summed E-state index contributed by atoms with van der Waals surface area (Å²) < 4.78 is 34.4. The zero-order chi connectivity index (χ0) is 25.4. The number of hydrogen-bond donors (Lipinski definition) is 1. The molecular formula is C30H29N3O3S. The number of fused-ring (bicyclic) bond motifs is 2. The van der Waals surface area contributed by atoms with Crippen LogP contribution in [0.15, 0.2) is 90.0 Å².